The van der Waals surface area contributed by atoms with Crippen LogP contribution < -0.4 is 15.0 Å². The summed E-state index contributed by atoms with van der Waals surface area (Å²) in [4.78, 5) is 39.3. The number of nitrogens with one attached hydrogen (secondary N) is 1. The number of urea groups is 1. The molecule has 1 aliphatic rings. The first-order valence-electron chi connectivity index (χ1n) is 10.5. The molecule has 1 fully saturated rings. The molecule has 7 heteroatoms. The quantitative estimate of drug-likeness (QED) is 0.479. The standard InChI is InChI=1S/C26H25N3O4/c1-15-6-7-21(12-16(15)2)29-25(31)23(24(30)27-26(29)32)14-19-13-17(3)28(18(19)4)20-8-10-22(33-5)11-9-20/h6-14H,1-5H3,(H,27,30,32)/b23-14+. The Morgan fingerprint density at radius 3 is 2.15 bits per heavy atom. The molecule has 4 rings (SSSR count). The number of carbonyl (C=O) groups excluding carboxylic acids is 3. The zero-order valence-corrected chi connectivity index (χ0v) is 19.2. The Labute approximate surface area is 192 Å². The summed E-state index contributed by atoms with van der Waals surface area (Å²) < 4.78 is 7.26. The number of barbiturate groups is 1. The molecule has 0 bridgehead atoms. The predicted molar refractivity (Wildman–Crippen MR) is 127 cm³/mol. The third-order valence-electron chi connectivity index (χ3n) is 5.95. The maximum Gasteiger partial charge on any atom is 0.335 e. The Morgan fingerprint density at radius 2 is 1.52 bits per heavy atom. The number of rotatable bonds is 4. The molecule has 168 valence electrons. The molecular weight excluding hydrogens is 418 g/mol. The molecule has 33 heavy (non-hydrogen) atoms. The van der Waals surface area contributed by atoms with E-state index in [4.69, 9.17) is 4.74 Å². The Balaban J connectivity index is 1.74. The van der Waals surface area contributed by atoms with Gasteiger partial charge in [0, 0.05) is 17.1 Å². The molecule has 4 amide bonds. The SMILES string of the molecule is COc1ccc(-n2c(C)cc(/C=C3\C(=O)NC(=O)N(c4ccc(C)c(C)c4)C3=O)c2C)cc1. The fourth-order valence-electron chi connectivity index (χ4n) is 3.97. The molecule has 0 aliphatic carbocycles. The topological polar surface area (TPSA) is 80.6 Å². The van der Waals surface area contributed by atoms with Crippen LogP contribution in [-0.2, 0) is 9.59 Å². The fraction of sp³-hybridized carbons (Fsp3) is 0.192. The van der Waals surface area contributed by atoms with Crippen LogP contribution in [0.25, 0.3) is 11.8 Å². The molecule has 1 aliphatic heterocycles. The highest BCUT2D eigenvalue weighted by atomic mass is 16.5. The molecule has 0 atom stereocenters. The van der Waals surface area contributed by atoms with Gasteiger partial charge in [-0.15, -0.1) is 0 Å². The van der Waals surface area contributed by atoms with E-state index in [1.807, 2.05) is 68.7 Å². The highest BCUT2D eigenvalue weighted by Gasteiger charge is 2.37. The minimum atomic E-state index is -0.755. The third kappa shape index (κ3) is 3.93. The second-order valence-corrected chi connectivity index (χ2v) is 8.09. The number of anilines is 1. The van der Waals surface area contributed by atoms with Crippen molar-refractivity contribution in [3.63, 3.8) is 0 Å². The van der Waals surface area contributed by atoms with Gasteiger partial charge in [0.05, 0.1) is 12.8 Å². The fourth-order valence-corrected chi connectivity index (χ4v) is 3.97. The van der Waals surface area contributed by atoms with Crippen molar-refractivity contribution in [2.75, 3.05) is 12.0 Å². The number of aryl methyl sites for hydroxylation is 3. The van der Waals surface area contributed by atoms with Crippen molar-refractivity contribution < 1.29 is 19.1 Å². The van der Waals surface area contributed by atoms with Crippen molar-refractivity contribution in [3.05, 3.63) is 82.2 Å². The first-order valence-corrected chi connectivity index (χ1v) is 10.5. The van der Waals surface area contributed by atoms with Crippen LogP contribution in [0, 0.1) is 27.7 Å². The van der Waals surface area contributed by atoms with Crippen LogP contribution in [0.1, 0.15) is 28.1 Å². The van der Waals surface area contributed by atoms with Gasteiger partial charge in [-0.3, -0.25) is 14.9 Å². The maximum absolute atomic E-state index is 13.2. The van der Waals surface area contributed by atoms with Crippen LogP contribution in [0.4, 0.5) is 10.5 Å². The average Bonchev–Trinajstić information content (AvgIpc) is 3.06. The Morgan fingerprint density at radius 1 is 0.848 bits per heavy atom. The van der Waals surface area contributed by atoms with E-state index in [0.717, 1.165) is 44.4 Å². The molecule has 0 unspecified atom stereocenters. The van der Waals surface area contributed by atoms with E-state index in [1.165, 1.54) is 0 Å². The summed E-state index contributed by atoms with van der Waals surface area (Å²) in [6.45, 7) is 7.72. The minimum Gasteiger partial charge on any atom is -0.497 e. The smallest absolute Gasteiger partial charge is 0.335 e. The van der Waals surface area contributed by atoms with Gasteiger partial charge in [-0.05, 0) is 92.9 Å². The second-order valence-electron chi connectivity index (χ2n) is 8.09. The monoisotopic (exact) mass is 443 g/mol. The molecule has 0 radical (unpaired) electrons. The molecule has 7 nitrogen and oxygen atoms in total. The Hall–Kier alpha value is -4.13. The number of ether oxygens (including phenoxy) is 1. The Bertz CT molecular complexity index is 1320. The van der Waals surface area contributed by atoms with E-state index in [1.54, 1.807) is 25.3 Å². The molecule has 0 spiro atoms. The number of methoxy groups -OCH3 is 1. The largest absolute Gasteiger partial charge is 0.497 e. The maximum atomic E-state index is 13.2. The molecule has 1 N–H and O–H groups in total. The van der Waals surface area contributed by atoms with E-state index >= 15 is 0 Å². The predicted octanol–water partition coefficient (Wildman–Crippen LogP) is 4.39. The van der Waals surface area contributed by atoms with Crippen molar-refractivity contribution >= 4 is 29.6 Å². The van der Waals surface area contributed by atoms with Gasteiger partial charge < -0.3 is 9.30 Å². The number of benzene rings is 2. The molecule has 1 saturated heterocycles. The first-order chi connectivity index (χ1) is 15.7. The number of hydrogen-bond donors (Lipinski definition) is 1. The lowest BCUT2D eigenvalue weighted by atomic mass is 10.1. The van der Waals surface area contributed by atoms with Crippen LogP contribution in [-0.4, -0.2) is 29.5 Å². The average molecular weight is 444 g/mol. The van der Waals surface area contributed by atoms with Crippen LogP contribution in [0.15, 0.2) is 54.1 Å². The van der Waals surface area contributed by atoms with Gasteiger partial charge >= 0.3 is 6.03 Å². The minimum absolute atomic E-state index is 0.0946. The molecule has 3 aromatic rings. The van der Waals surface area contributed by atoms with Crippen LogP contribution >= 0.6 is 0 Å². The number of amides is 4. The summed E-state index contributed by atoms with van der Waals surface area (Å²) in [5, 5.41) is 2.29. The van der Waals surface area contributed by atoms with Gasteiger partial charge in [0.25, 0.3) is 11.8 Å². The zero-order valence-electron chi connectivity index (χ0n) is 19.2. The van der Waals surface area contributed by atoms with Gasteiger partial charge in [0.1, 0.15) is 11.3 Å². The number of hydrogen-bond acceptors (Lipinski definition) is 4. The molecule has 2 heterocycles. The summed E-state index contributed by atoms with van der Waals surface area (Å²) >= 11 is 0. The van der Waals surface area contributed by atoms with Gasteiger partial charge in [0.2, 0.25) is 0 Å². The number of nitrogens with zero attached hydrogens (tertiary/aromatic N) is 2. The van der Waals surface area contributed by atoms with Gasteiger partial charge in [-0.25, -0.2) is 9.69 Å². The van der Waals surface area contributed by atoms with Crippen molar-refractivity contribution in [1.29, 1.82) is 0 Å². The molecule has 2 aromatic carbocycles. The molecular formula is C26H25N3O4. The van der Waals surface area contributed by atoms with Crippen LogP contribution in [0.5, 0.6) is 5.75 Å². The number of imide groups is 2. The summed E-state index contributed by atoms with van der Waals surface area (Å²) in [6.07, 6.45) is 1.54. The van der Waals surface area contributed by atoms with Crippen molar-refractivity contribution in [1.82, 2.24) is 9.88 Å². The number of aromatic nitrogens is 1. The summed E-state index contributed by atoms with van der Waals surface area (Å²) in [6, 6.07) is 14.1. The van der Waals surface area contributed by atoms with E-state index in [9.17, 15) is 14.4 Å². The van der Waals surface area contributed by atoms with Gasteiger partial charge in [-0.1, -0.05) is 6.07 Å². The summed E-state index contributed by atoms with van der Waals surface area (Å²) in [5.74, 6) is -0.607. The summed E-state index contributed by atoms with van der Waals surface area (Å²) in [7, 11) is 1.61. The second kappa shape index (κ2) is 8.43. The van der Waals surface area contributed by atoms with Gasteiger partial charge in [-0.2, -0.15) is 0 Å². The lowest BCUT2D eigenvalue weighted by molar-refractivity contribution is -0.122. The number of carbonyl (C=O) groups is 3. The highest BCUT2D eigenvalue weighted by Crippen LogP contribution is 2.27. The lowest BCUT2D eigenvalue weighted by Gasteiger charge is -2.26. The van der Waals surface area contributed by atoms with Crippen LogP contribution in [0.2, 0.25) is 0 Å². The lowest BCUT2D eigenvalue weighted by Crippen LogP contribution is -2.54. The van der Waals surface area contributed by atoms with E-state index in [-0.39, 0.29) is 5.57 Å². The van der Waals surface area contributed by atoms with Crippen molar-refractivity contribution in [3.8, 4) is 11.4 Å². The van der Waals surface area contributed by atoms with E-state index in [2.05, 4.69) is 5.32 Å². The Kier molecular flexibility index (Phi) is 5.64. The molecule has 0 saturated carbocycles. The third-order valence-corrected chi connectivity index (χ3v) is 5.95. The van der Waals surface area contributed by atoms with E-state index < -0.39 is 17.8 Å². The van der Waals surface area contributed by atoms with Crippen molar-refractivity contribution in [2.45, 2.75) is 27.7 Å². The summed E-state index contributed by atoms with van der Waals surface area (Å²) in [5.41, 5.74) is 5.76. The van der Waals surface area contributed by atoms with Gasteiger partial charge in [0.15, 0.2) is 0 Å². The van der Waals surface area contributed by atoms with E-state index in [0.29, 0.717) is 5.69 Å². The molecule has 1 aromatic heterocycles. The normalized spacial score (nSPS) is 15.2. The van der Waals surface area contributed by atoms with Crippen LogP contribution in [0.3, 0.4) is 0 Å². The first kappa shape index (κ1) is 22.1. The zero-order chi connectivity index (χ0) is 23.9. The van der Waals surface area contributed by atoms with Crippen molar-refractivity contribution in [2.24, 2.45) is 0 Å². The highest BCUT2D eigenvalue weighted by molar-refractivity contribution is 6.39.